The van der Waals surface area contributed by atoms with Gasteiger partial charge < -0.3 is 5.11 Å². The van der Waals surface area contributed by atoms with Gasteiger partial charge in [-0.25, -0.2) is 0 Å². The Hall–Kier alpha value is -2.23. The van der Waals surface area contributed by atoms with Crippen LogP contribution < -0.4 is 0 Å². The van der Waals surface area contributed by atoms with Gasteiger partial charge in [-0.1, -0.05) is 29.8 Å². The van der Waals surface area contributed by atoms with E-state index in [2.05, 4.69) is 4.99 Å². The van der Waals surface area contributed by atoms with Gasteiger partial charge in [-0.15, -0.1) is 0 Å². The van der Waals surface area contributed by atoms with Crippen molar-refractivity contribution in [1.29, 1.82) is 0 Å². The van der Waals surface area contributed by atoms with E-state index < -0.39 is 11.5 Å². The molecular weight excluding hydrogens is 254 g/mol. The standard InChI is InChI=1S/C16H17NO3/c1-10-4-6-12(7-5-10)15(20)13-8-11(2)16(3,17-13)9-14(18)19/h4-8H,9H2,1-3H3,(H,18,19). The summed E-state index contributed by atoms with van der Waals surface area (Å²) < 4.78 is 0. The van der Waals surface area contributed by atoms with E-state index >= 15 is 0 Å². The zero-order valence-corrected chi connectivity index (χ0v) is 11.8. The predicted octanol–water partition coefficient (Wildman–Crippen LogP) is 2.81. The number of carbonyl (C=O) groups is 2. The first-order valence-corrected chi connectivity index (χ1v) is 6.43. The summed E-state index contributed by atoms with van der Waals surface area (Å²) in [5, 5.41) is 8.95. The van der Waals surface area contributed by atoms with E-state index in [4.69, 9.17) is 5.11 Å². The fourth-order valence-electron chi connectivity index (χ4n) is 2.19. The zero-order chi connectivity index (χ0) is 14.9. The number of aliphatic carboxylic acids is 1. The van der Waals surface area contributed by atoms with E-state index in [-0.39, 0.29) is 12.2 Å². The fraction of sp³-hybridized carbons (Fsp3) is 0.312. The second-order valence-electron chi connectivity index (χ2n) is 5.36. The second-order valence-corrected chi connectivity index (χ2v) is 5.36. The number of aliphatic imine (C=N–C) groups is 1. The molecule has 0 spiro atoms. The van der Waals surface area contributed by atoms with Crippen molar-refractivity contribution in [2.24, 2.45) is 4.99 Å². The summed E-state index contributed by atoms with van der Waals surface area (Å²) in [6, 6.07) is 7.26. The molecule has 0 fully saturated rings. The van der Waals surface area contributed by atoms with E-state index in [0.29, 0.717) is 11.3 Å². The number of rotatable bonds is 4. The monoisotopic (exact) mass is 271 g/mol. The summed E-state index contributed by atoms with van der Waals surface area (Å²) in [6.45, 7) is 5.50. The van der Waals surface area contributed by atoms with Crippen molar-refractivity contribution < 1.29 is 14.7 Å². The molecule has 1 heterocycles. The first-order chi connectivity index (χ1) is 9.32. The third-order valence-corrected chi connectivity index (χ3v) is 3.61. The quantitative estimate of drug-likeness (QED) is 0.856. The molecule has 1 atom stereocenters. The summed E-state index contributed by atoms with van der Waals surface area (Å²) in [7, 11) is 0. The Kier molecular flexibility index (Phi) is 3.57. The predicted molar refractivity (Wildman–Crippen MR) is 77.4 cm³/mol. The fourth-order valence-corrected chi connectivity index (χ4v) is 2.19. The first kappa shape index (κ1) is 14.2. The van der Waals surface area contributed by atoms with Gasteiger partial charge in [-0.05, 0) is 32.4 Å². The Morgan fingerprint density at radius 2 is 1.80 bits per heavy atom. The molecule has 1 unspecified atom stereocenters. The number of nitrogens with zero attached hydrogens (tertiary/aromatic N) is 1. The number of hydrogen-bond acceptors (Lipinski definition) is 3. The number of ketones is 1. The highest BCUT2D eigenvalue weighted by Crippen LogP contribution is 2.31. The topological polar surface area (TPSA) is 66.7 Å². The Bertz CT molecular complexity index is 626. The minimum Gasteiger partial charge on any atom is -0.481 e. The minimum atomic E-state index is -0.923. The maximum absolute atomic E-state index is 12.4. The van der Waals surface area contributed by atoms with Crippen LogP contribution in [0.15, 0.2) is 40.9 Å². The van der Waals surface area contributed by atoms with Gasteiger partial charge >= 0.3 is 5.97 Å². The van der Waals surface area contributed by atoms with Crippen LogP contribution in [0.1, 0.15) is 36.2 Å². The summed E-state index contributed by atoms with van der Waals surface area (Å²) in [5.74, 6) is -1.09. The second kappa shape index (κ2) is 5.04. The van der Waals surface area contributed by atoms with Crippen LogP contribution in [0.5, 0.6) is 0 Å². The Morgan fingerprint density at radius 3 is 2.35 bits per heavy atom. The molecule has 1 aliphatic heterocycles. The highest BCUT2D eigenvalue weighted by atomic mass is 16.4. The van der Waals surface area contributed by atoms with E-state index in [0.717, 1.165) is 11.1 Å². The van der Waals surface area contributed by atoms with Gasteiger partial charge in [0.2, 0.25) is 5.78 Å². The van der Waals surface area contributed by atoms with E-state index in [1.807, 2.05) is 26.0 Å². The van der Waals surface area contributed by atoms with Gasteiger partial charge in [0.15, 0.2) is 0 Å². The SMILES string of the molecule is CC1=CC(C(=O)c2ccc(C)cc2)=NC1(C)CC(=O)O. The average molecular weight is 271 g/mol. The molecule has 1 N–H and O–H groups in total. The van der Waals surface area contributed by atoms with Crippen molar-refractivity contribution >= 4 is 17.5 Å². The number of Topliss-reactive ketones (excluding diaryl/α,β-unsaturated/α-hetero) is 1. The number of hydrogen-bond donors (Lipinski definition) is 1. The molecule has 4 heteroatoms. The summed E-state index contributed by atoms with van der Waals surface area (Å²) in [5.41, 5.74) is 1.96. The lowest BCUT2D eigenvalue weighted by Crippen LogP contribution is -2.25. The zero-order valence-electron chi connectivity index (χ0n) is 11.8. The molecule has 0 radical (unpaired) electrons. The van der Waals surface area contributed by atoms with E-state index in [1.54, 1.807) is 25.1 Å². The molecule has 0 aromatic heterocycles. The lowest BCUT2D eigenvalue weighted by atomic mass is 9.92. The normalized spacial score (nSPS) is 21.4. The van der Waals surface area contributed by atoms with E-state index in [9.17, 15) is 9.59 Å². The molecule has 0 saturated heterocycles. The molecule has 1 aromatic carbocycles. The van der Waals surface area contributed by atoms with Crippen LogP contribution in [0.2, 0.25) is 0 Å². The summed E-state index contributed by atoms with van der Waals surface area (Å²) in [6.07, 6.45) is 1.57. The van der Waals surface area contributed by atoms with Crippen LogP contribution in [-0.4, -0.2) is 28.1 Å². The molecule has 2 rings (SSSR count). The van der Waals surface area contributed by atoms with Crippen LogP contribution >= 0.6 is 0 Å². The van der Waals surface area contributed by atoms with Crippen LogP contribution in [0.4, 0.5) is 0 Å². The summed E-state index contributed by atoms with van der Waals surface area (Å²) >= 11 is 0. The van der Waals surface area contributed by atoms with Crippen molar-refractivity contribution in [2.75, 3.05) is 0 Å². The largest absolute Gasteiger partial charge is 0.481 e. The lowest BCUT2D eigenvalue weighted by Gasteiger charge is -2.20. The third-order valence-electron chi connectivity index (χ3n) is 3.61. The van der Waals surface area contributed by atoms with Crippen molar-refractivity contribution in [3.8, 4) is 0 Å². The molecule has 0 bridgehead atoms. The number of allylic oxidation sites excluding steroid dienone is 1. The molecule has 20 heavy (non-hydrogen) atoms. The third kappa shape index (κ3) is 2.69. The molecular formula is C16H17NO3. The molecule has 4 nitrogen and oxygen atoms in total. The Balaban J connectivity index is 2.30. The van der Waals surface area contributed by atoms with Crippen LogP contribution in [0.3, 0.4) is 0 Å². The number of carboxylic acid groups (broad SMARTS) is 1. The molecule has 0 aliphatic carbocycles. The van der Waals surface area contributed by atoms with Crippen molar-refractivity contribution in [3.05, 3.63) is 47.0 Å². The molecule has 1 aliphatic rings. The van der Waals surface area contributed by atoms with E-state index in [1.165, 1.54) is 0 Å². The number of carboxylic acids is 1. The van der Waals surface area contributed by atoms with Gasteiger partial charge in [0.05, 0.1) is 12.0 Å². The highest BCUT2D eigenvalue weighted by molar-refractivity contribution is 6.50. The minimum absolute atomic E-state index is 0.111. The van der Waals surface area contributed by atoms with Crippen molar-refractivity contribution in [1.82, 2.24) is 0 Å². The highest BCUT2D eigenvalue weighted by Gasteiger charge is 2.35. The van der Waals surface area contributed by atoms with Crippen LogP contribution in [0, 0.1) is 6.92 Å². The number of aryl methyl sites for hydroxylation is 1. The summed E-state index contributed by atoms with van der Waals surface area (Å²) in [4.78, 5) is 27.6. The molecule has 0 saturated carbocycles. The number of carbonyl (C=O) groups excluding carboxylic acids is 1. The number of benzene rings is 1. The average Bonchev–Trinajstić information content (AvgIpc) is 2.64. The Labute approximate surface area is 117 Å². The van der Waals surface area contributed by atoms with Crippen molar-refractivity contribution in [2.45, 2.75) is 32.7 Å². The molecule has 0 amide bonds. The van der Waals surface area contributed by atoms with Crippen LogP contribution in [-0.2, 0) is 4.79 Å². The Morgan fingerprint density at radius 1 is 1.20 bits per heavy atom. The van der Waals surface area contributed by atoms with Gasteiger partial charge in [-0.3, -0.25) is 14.6 Å². The molecule has 104 valence electrons. The lowest BCUT2D eigenvalue weighted by molar-refractivity contribution is -0.137. The van der Waals surface area contributed by atoms with Crippen molar-refractivity contribution in [3.63, 3.8) is 0 Å². The van der Waals surface area contributed by atoms with Gasteiger partial charge in [0.25, 0.3) is 0 Å². The maximum Gasteiger partial charge on any atom is 0.306 e. The van der Waals surface area contributed by atoms with Gasteiger partial charge in [-0.2, -0.15) is 0 Å². The van der Waals surface area contributed by atoms with Gasteiger partial charge in [0.1, 0.15) is 5.71 Å². The van der Waals surface area contributed by atoms with Gasteiger partial charge in [0, 0.05) is 5.56 Å². The van der Waals surface area contributed by atoms with Crippen LogP contribution in [0.25, 0.3) is 0 Å². The molecule has 1 aromatic rings. The first-order valence-electron chi connectivity index (χ1n) is 6.43. The smallest absolute Gasteiger partial charge is 0.306 e. The maximum atomic E-state index is 12.4.